The van der Waals surface area contributed by atoms with Crippen LogP contribution in [-0.2, 0) is 4.74 Å². The van der Waals surface area contributed by atoms with Gasteiger partial charge in [0.1, 0.15) is 5.60 Å². The Morgan fingerprint density at radius 2 is 2.06 bits per heavy atom. The number of carbonyl (C=O) groups is 1. The summed E-state index contributed by atoms with van der Waals surface area (Å²) in [6, 6.07) is 7.86. The molecule has 0 spiro atoms. The summed E-state index contributed by atoms with van der Waals surface area (Å²) in [6.45, 7) is 8.38. The number of para-hydroxylation sites is 2. The Morgan fingerprint density at radius 3 is 2.72 bits per heavy atom. The van der Waals surface area contributed by atoms with Crippen molar-refractivity contribution in [2.24, 2.45) is 0 Å². The maximum Gasteiger partial charge on any atom is 0.415 e. The maximum absolute atomic E-state index is 12.3. The fraction of sp³-hybridized carbons (Fsp3) is 0.500. The van der Waals surface area contributed by atoms with E-state index >= 15 is 0 Å². The van der Waals surface area contributed by atoms with Gasteiger partial charge < -0.3 is 10.1 Å². The number of nitrogens with one attached hydrogen (secondary N) is 1. The monoisotopic (exact) mass is 248 g/mol. The highest BCUT2D eigenvalue weighted by Crippen LogP contribution is 2.32. The number of benzene rings is 1. The predicted molar refractivity (Wildman–Crippen MR) is 73.1 cm³/mol. The van der Waals surface area contributed by atoms with Crippen LogP contribution in [0.4, 0.5) is 16.2 Å². The van der Waals surface area contributed by atoms with Crippen molar-refractivity contribution >= 4 is 17.5 Å². The smallest absolute Gasteiger partial charge is 0.415 e. The molecule has 1 heterocycles. The summed E-state index contributed by atoms with van der Waals surface area (Å²) in [7, 11) is 0. The first kappa shape index (κ1) is 12.7. The average molecular weight is 248 g/mol. The van der Waals surface area contributed by atoms with Gasteiger partial charge in [-0.05, 0) is 39.8 Å². The van der Waals surface area contributed by atoms with Crippen molar-refractivity contribution in [1.29, 1.82) is 0 Å². The second kappa shape index (κ2) is 4.52. The quantitative estimate of drug-likeness (QED) is 0.766. The minimum atomic E-state index is -0.476. The van der Waals surface area contributed by atoms with Gasteiger partial charge in [0.15, 0.2) is 0 Å². The topological polar surface area (TPSA) is 41.6 Å². The van der Waals surface area contributed by atoms with E-state index in [-0.39, 0.29) is 12.1 Å². The van der Waals surface area contributed by atoms with Gasteiger partial charge in [-0.3, -0.25) is 4.90 Å². The first-order chi connectivity index (χ1) is 8.38. The van der Waals surface area contributed by atoms with E-state index in [0.717, 1.165) is 17.9 Å². The lowest BCUT2D eigenvalue weighted by Crippen LogP contribution is -2.47. The van der Waals surface area contributed by atoms with E-state index in [1.54, 1.807) is 4.90 Å². The zero-order valence-electron chi connectivity index (χ0n) is 11.4. The highest BCUT2D eigenvalue weighted by atomic mass is 16.6. The molecule has 4 nitrogen and oxygen atoms in total. The van der Waals surface area contributed by atoms with Crippen LogP contribution in [0.2, 0.25) is 0 Å². The van der Waals surface area contributed by atoms with Gasteiger partial charge in [-0.25, -0.2) is 4.79 Å². The molecule has 4 heteroatoms. The Balaban J connectivity index is 2.29. The Bertz CT molecular complexity index is 451. The number of carbonyl (C=O) groups excluding carboxylic acids is 1. The van der Waals surface area contributed by atoms with Crippen molar-refractivity contribution in [3.8, 4) is 0 Å². The highest BCUT2D eigenvalue weighted by molar-refractivity contribution is 5.94. The average Bonchev–Trinajstić information content (AvgIpc) is 2.26. The molecule has 1 aromatic rings. The number of nitrogens with zero attached hydrogens (tertiary/aromatic N) is 1. The molecular weight excluding hydrogens is 228 g/mol. The molecule has 1 aliphatic rings. The second-order valence-corrected chi connectivity index (χ2v) is 5.60. The lowest BCUT2D eigenvalue weighted by molar-refractivity contribution is 0.0568. The van der Waals surface area contributed by atoms with Crippen LogP contribution in [0.1, 0.15) is 27.7 Å². The molecule has 1 amide bonds. The first-order valence-electron chi connectivity index (χ1n) is 6.23. The minimum Gasteiger partial charge on any atom is -0.443 e. The standard InChI is InChI=1S/C14H20N2O2/c1-10-9-15-11-7-5-6-8-12(11)16(10)13(17)18-14(2,3)4/h5-8,10,15H,9H2,1-4H3/t10-/m0/s1. The molecule has 0 unspecified atom stereocenters. The van der Waals surface area contributed by atoms with Gasteiger partial charge in [0.25, 0.3) is 0 Å². The number of rotatable bonds is 0. The van der Waals surface area contributed by atoms with E-state index in [1.807, 2.05) is 52.0 Å². The van der Waals surface area contributed by atoms with Gasteiger partial charge >= 0.3 is 6.09 Å². The molecule has 0 saturated heterocycles. The number of ether oxygens (including phenoxy) is 1. The Morgan fingerprint density at radius 1 is 1.39 bits per heavy atom. The van der Waals surface area contributed by atoms with Crippen LogP contribution < -0.4 is 10.2 Å². The van der Waals surface area contributed by atoms with Gasteiger partial charge in [-0.2, -0.15) is 0 Å². The number of amides is 1. The molecule has 2 rings (SSSR count). The van der Waals surface area contributed by atoms with Gasteiger partial charge in [0, 0.05) is 6.54 Å². The van der Waals surface area contributed by atoms with Crippen molar-refractivity contribution in [2.45, 2.75) is 39.3 Å². The molecule has 0 aliphatic carbocycles. The number of anilines is 2. The molecule has 0 radical (unpaired) electrons. The largest absolute Gasteiger partial charge is 0.443 e. The third kappa shape index (κ3) is 2.58. The van der Waals surface area contributed by atoms with E-state index in [2.05, 4.69) is 5.32 Å². The Hall–Kier alpha value is -1.71. The SMILES string of the molecule is C[C@H]1CNc2ccccc2N1C(=O)OC(C)(C)C. The molecule has 1 aliphatic heterocycles. The molecule has 0 bridgehead atoms. The molecule has 0 fully saturated rings. The van der Waals surface area contributed by atoms with Crippen LogP contribution in [0, 0.1) is 0 Å². The van der Waals surface area contributed by atoms with Gasteiger partial charge in [-0.1, -0.05) is 12.1 Å². The normalized spacial score (nSPS) is 18.9. The molecule has 1 aromatic carbocycles. The van der Waals surface area contributed by atoms with E-state index in [0.29, 0.717) is 0 Å². The maximum atomic E-state index is 12.3. The molecule has 1 N–H and O–H groups in total. The number of fused-ring (bicyclic) bond motifs is 1. The van der Waals surface area contributed by atoms with E-state index < -0.39 is 5.60 Å². The van der Waals surface area contributed by atoms with E-state index in [9.17, 15) is 4.79 Å². The van der Waals surface area contributed by atoms with Gasteiger partial charge in [0.05, 0.1) is 17.4 Å². The summed E-state index contributed by atoms with van der Waals surface area (Å²) in [5.41, 5.74) is 1.38. The predicted octanol–water partition coefficient (Wildman–Crippen LogP) is 3.24. The molecule has 18 heavy (non-hydrogen) atoms. The number of hydrogen-bond donors (Lipinski definition) is 1. The fourth-order valence-electron chi connectivity index (χ4n) is 2.01. The highest BCUT2D eigenvalue weighted by Gasteiger charge is 2.31. The Labute approximate surface area is 108 Å². The van der Waals surface area contributed by atoms with Crippen molar-refractivity contribution < 1.29 is 9.53 Å². The molecule has 0 aromatic heterocycles. The van der Waals surface area contributed by atoms with Crippen LogP contribution in [0.25, 0.3) is 0 Å². The van der Waals surface area contributed by atoms with Crippen LogP contribution in [0.3, 0.4) is 0 Å². The summed E-state index contributed by atoms with van der Waals surface area (Å²) in [6.07, 6.45) is -0.288. The molecule has 98 valence electrons. The van der Waals surface area contributed by atoms with E-state index in [1.165, 1.54) is 0 Å². The van der Waals surface area contributed by atoms with Crippen LogP contribution in [0.5, 0.6) is 0 Å². The van der Waals surface area contributed by atoms with Crippen molar-refractivity contribution in [2.75, 3.05) is 16.8 Å². The van der Waals surface area contributed by atoms with Crippen molar-refractivity contribution in [3.63, 3.8) is 0 Å². The molecule has 0 saturated carbocycles. The lowest BCUT2D eigenvalue weighted by Gasteiger charge is -2.36. The van der Waals surface area contributed by atoms with Crippen molar-refractivity contribution in [1.82, 2.24) is 0 Å². The third-order valence-corrected chi connectivity index (χ3v) is 2.78. The van der Waals surface area contributed by atoms with Crippen LogP contribution >= 0.6 is 0 Å². The van der Waals surface area contributed by atoms with Gasteiger partial charge in [0.2, 0.25) is 0 Å². The van der Waals surface area contributed by atoms with E-state index in [4.69, 9.17) is 4.74 Å². The van der Waals surface area contributed by atoms with Crippen molar-refractivity contribution in [3.05, 3.63) is 24.3 Å². The second-order valence-electron chi connectivity index (χ2n) is 5.60. The van der Waals surface area contributed by atoms with Gasteiger partial charge in [-0.15, -0.1) is 0 Å². The molecular formula is C14H20N2O2. The zero-order chi connectivity index (χ0) is 13.3. The summed E-state index contributed by atoms with van der Waals surface area (Å²) >= 11 is 0. The summed E-state index contributed by atoms with van der Waals surface area (Å²) < 4.78 is 5.46. The zero-order valence-corrected chi connectivity index (χ0v) is 11.4. The Kier molecular flexibility index (Phi) is 3.20. The third-order valence-electron chi connectivity index (χ3n) is 2.78. The lowest BCUT2D eigenvalue weighted by atomic mass is 10.1. The fourth-order valence-corrected chi connectivity index (χ4v) is 2.01. The molecule has 1 atom stereocenters. The summed E-state index contributed by atoms with van der Waals surface area (Å²) in [4.78, 5) is 14.0. The minimum absolute atomic E-state index is 0.0785. The van der Waals surface area contributed by atoms with Crippen LogP contribution in [0.15, 0.2) is 24.3 Å². The van der Waals surface area contributed by atoms with Crippen LogP contribution in [-0.4, -0.2) is 24.3 Å². The summed E-state index contributed by atoms with van der Waals surface area (Å²) in [5.74, 6) is 0. The number of hydrogen-bond acceptors (Lipinski definition) is 3. The summed E-state index contributed by atoms with van der Waals surface area (Å²) in [5, 5.41) is 3.31. The first-order valence-corrected chi connectivity index (χ1v) is 6.23.